The topological polar surface area (TPSA) is 73.7 Å². The fraction of sp³-hybridized carbons (Fsp3) is 0.261. The van der Waals surface area contributed by atoms with E-state index in [0.29, 0.717) is 28.5 Å². The van der Waals surface area contributed by atoms with Gasteiger partial charge in [-0.25, -0.2) is 4.68 Å². The zero-order valence-electron chi connectivity index (χ0n) is 17.8. The molecule has 0 aliphatic rings. The lowest BCUT2D eigenvalue weighted by molar-refractivity contribution is -0.125. The van der Waals surface area contributed by atoms with E-state index in [9.17, 15) is 9.59 Å². The SMILES string of the molecule is COc1cccc(CN(C)C(=O)C(=O)c2c(C)nn(-c3ccccc3)c2C)c1OC. The number of methoxy groups -OCH3 is 2. The number of amides is 1. The van der Waals surface area contributed by atoms with Crippen LogP contribution in [0, 0.1) is 13.8 Å². The van der Waals surface area contributed by atoms with Crippen LogP contribution in [0.15, 0.2) is 48.5 Å². The normalized spacial score (nSPS) is 10.6. The molecule has 0 N–H and O–H groups in total. The summed E-state index contributed by atoms with van der Waals surface area (Å²) in [6, 6.07) is 14.9. The van der Waals surface area contributed by atoms with Crippen LogP contribution in [-0.2, 0) is 11.3 Å². The summed E-state index contributed by atoms with van der Waals surface area (Å²) in [6.07, 6.45) is 0. The number of nitrogens with zero attached hydrogens (tertiary/aromatic N) is 3. The van der Waals surface area contributed by atoms with Crippen molar-refractivity contribution >= 4 is 11.7 Å². The Morgan fingerprint density at radius 2 is 1.70 bits per heavy atom. The Balaban J connectivity index is 1.86. The van der Waals surface area contributed by atoms with Gasteiger partial charge in [0.05, 0.1) is 36.9 Å². The minimum atomic E-state index is -0.612. The van der Waals surface area contributed by atoms with Crippen molar-refractivity contribution in [2.45, 2.75) is 20.4 Å². The molecule has 3 aromatic rings. The molecule has 0 atom stereocenters. The summed E-state index contributed by atoms with van der Waals surface area (Å²) in [5.74, 6) is -0.0930. The van der Waals surface area contributed by atoms with Crippen molar-refractivity contribution < 1.29 is 19.1 Å². The third kappa shape index (κ3) is 3.91. The maximum atomic E-state index is 13.0. The Morgan fingerprint density at radius 3 is 2.33 bits per heavy atom. The number of aryl methyl sites for hydroxylation is 1. The maximum Gasteiger partial charge on any atom is 0.295 e. The third-order valence-corrected chi connectivity index (χ3v) is 4.95. The van der Waals surface area contributed by atoms with Crippen molar-refractivity contribution in [3.8, 4) is 17.2 Å². The van der Waals surface area contributed by atoms with Crippen LogP contribution < -0.4 is 9.47 Å². The van der Waals surface area contributed by atoms with E-state index in [1.165, 1.54) is 4.90 Å². The Bertz CT molecular complexity index is 1070. The highest BCUT2D eigenvalue weighted by Gasteiger charge is 2.28. The quantitative estimate of drug-likeness (QED) is 0.444. The van der Waals surface area contributed by atoms with E-state index in [1.807, 2.05) is 42.5 Å². The summed E-state index contributed by atoms with van der Waals surface area (Å²) in [4.78, 5) is 27.3. The molecular weight excluding hydrogens is 382 g/mol. The number of hydrogen-bond acceptors (Lipinski definition) is 5. The van der Waals surface area contributed by atoms with E-state index in [2.05, 4.69) is 5.10 Å². The summed E-state index contributed by atoms with van der Waals surface area (Å²) >= 11 is 0. The van der Waals surface area contributed by atoms with Crippen molar-refractivity contribution in [3.63, 3.8) is 0 Å². The van der Waals surface area contributed by atoms with Gasteiger partial charge >= 0.3 is 0 Å². The molecule has 0 fully saturated rings. The number of carbonyl (C=O) groups is 2. The Morgan fingerprint density at radius 1 is 1.00 bits per heavy atom. The van der Waals surface area contributed by atoms with Crippen LogP contribution in [0.5, 0.6) is 11.5 Å². The van der Waals surface area contributed by atoms with Crippen molar-refractivity contribution in [3.05, 3.63) is 71.0 Å². The van der Waals surface area contributed by atoms with Crippen LogP contribution in [0.3, 0.4) is 0 Å². The monoisotopic (exact) mass is 407 g/mol. The molecule has 0 saturated heterocycles. The minimum absolute atomic E-state index is 0.204. The molecule has 0 bridgehead atoms. The predicted molar refractivity (Wildman–Crippen MR) is 113 cm³/mol. The van der Waals surface area contributed by atoms with Gasteiger partial charge in [-0.05, 0) is 32.0 Å². The number of Topliss-reactive ketones (excluding diaryl/α,β-unsaturated/α-hetero) is 1. The van der Waals surface area contributed by atoms with Crippen LogP contribution in [-0.4, -0.2) is 47.6 Å². The molecule has 1 amide bonds. The number of carbonyl (C=O) groups excluding carboxylic acids is 2. The number of aromatic nitrogens is 2. The first-order chi connectivity index (χ1) is 14.4. The number of hydrogen-bond donors (Lipinski definition) is 0. The minimum Gasteiger partial charge on any atom is -0.493 e. The summed E-state index contributed by atoms with van der Waals surface area (Å²) < 4.78 is 12.4. The zero-order chi connectivity index (χ0) is 21.8. The molecule has 1 aromatic heterocycles. The van der Waals surface area contributed by atoms with Gasteiger partial charge < -0.3 is 14.4 Å². The first kappa shape index (κ1) is 21.1. The second-order valence-corrected chi connectivity index (χ2v) is 6.94. The summed E-state index contributed by atoms with van der Waals surface area (Å²) in [5.41, 5.74) is 3.05. The molecule has 0 aliphatic carbocycles. The zero-order valence-corrected chi connectivity index (χ0v) is 17.8. The third-order valence-electron chi connectivity index (χ3n) is 4.95. The van der Waals surface area contributed by atoms with Crippen molar-refractivity contribution in [2.75, 3.05) is 21.3 Å². The van der Waals surface area contributed by atoms with Crippen LogP contribution in [0.2, 0.25) is 0 Å². The van der Waals surface area contributed by atoms with Crippen LogP contribution in [0.4, 0.5) is 0 Å². The van der Waals surface area contributed by atoms with Crippen LogP contribution in [0.25, 0.3) is 5.69 Å². The first-order valence-corrected chi connectivity index (χ1v) is 9.50. The number of ketones is 1. The molecule has 7 heteroatoms. The fourth-order valence-corrected chi connectivity index (χ4v) is 3.48. The van der Waals surface area contributed by atoms with E-state index in [4.69, 9.17) is 9.47 Å². The molecule has 30 heavy (non-hydrogen) atoms. The van der Waals surface area contributed by atoms with Gasteiger partial charge in [0.1, 0.15) is 0 Å². The second-order valence-electron chi connectivity index (χ2n) is 6.94. The lowest BCUT2D eigenvalue weighted by Crippen LogP contribution is -2.33. The summed E-state index contributed by atoms with van der Waals surface area (Å²) in [5, 5.41) is 4.47. The number of rotatable bonds is 7. The Hall–Kier alpha value is -3.61. The standard InChI is InChI=1S/C23H25N3O4/c1-15-20(16(2)26(24-15)18-11-7-6-8-12-18)21(27)23(28)25(3)14-17-10-9-13-19(29-4)22(17)30-5/h6-13H,14H2,1-5H3. The van der Waals surface area contributed by atoms with E-state index < -0.39 is 11.7 Å². The van der Waals surface area contributed by atoms with Crippen molar-refractivity contribution in [1.29, 1.82) is 0 Å². The van der Waals surface area contributed by atoms with Gasteiger partial charge in [-0.2, -0.15) is 5.10 Å². The molecule has 7 nitrogen and oxygen atoms in total. The van der Waals surface area contributed by atoms with Gasteiger partial charge in [0.15, 0.2) is 11.5 Å². The second kappa shape index (κ2) is 8.82. The number of para-hydroxylation sites is 2. The lowest BCUT2D eigenvalue weighted by Gasteiger charge is -2.19. The van der Waals surface area contributed by atoms with Gasteiger partial charge in [-0.15, -0.1) is 0 Å². The number of benzene rings is 2. The number of ether oxygens (including phenoxy) is 2. The van der Waals surface area contributed by atoms with Crippen LogP contribution in [0.1, 0.15) is 27.3 Å². The molecule has 0 aliphatic heterocycles. The van der Waals surface area contributed by atoms with Gasteiger partial charge in [0.2, 0.25) is 0 Å². The first-order valence-electron chi connectivity index (χ1n) is 9.50. The average molecular weight is 407 g/mol. The molecule has 1 heterocycles. The average Bonchev–Trinajstić information content (AvgIpc) is 3.06. The molecule has 0 spiro atoms. The van der Waals surface area contributed by atoms with Gasteiger partial charge in [0, 0.05) is 19.2 Å². The van der Waals surface area contributed by atoms with Gasteiger partial charge in [0.25, 0.3) is 11.7 Å². The largest absolute Gasteiger partial charge is 0.493 e. The summed E-state index contributed by atoms with van der Waals surface area (Å²) in [6.45, 7) is 3.73. The molecule has 0 unspecified atom stereocenters. The lowest BCUT2D eigenvalue weighted by atomic mass is 10.1. The highest BCUT2D eigenvalue weighted by Crippen LogP contribution is 2.31. The highest BCUT2D eigenvalue weighted by molar-refractivity contribution is 6.43. The predicted octanol–water partition coefficient (Wildman–Crippen LogP) is 3.35. The maximum absolute atomic E-state index is 13.0. The smallest absolute Gasteiger partial charge is 0.295 e. The molecule has 0 saturated carbocycles. The Labute approximate surface area is 175 Å². The molecule has 0 radical (unpaired) electrons. The molecule has 156 valence electrons. The Kier molecular flexibility index (Phi) is 6.20. The summed E-state index contributed by atoms with van der Waals surface area (Å²) in [7, 11) is 4.68. The van der Waals surface area contributed by atoms with Gasteiger partial charge in [-0.3, -0.25) is 9.59 Å². The van der Waals surface area contributed by atoms with Crippen molar-refractivity contribution in [1.82, 2.24) is 14.7 Å². The molecular formula is C23H25N3O4. The molecule has 2 aromatic carbocycles. The van der Waals surface area contributed by atoms with Crippen molar-refractivity contribution in [2.24, 2.45) is 0 Å². The van der Waals surface area contributed by atoms with E-state index >= 15 is 0 Å². The molecule has 3 rings (SSSR count). The van der Waals surface area contributed by atoms with E-state index in [-0.39, 0.29) is 6.54 Å². The highest BCUT2D eigenvalue weighted by atomic mass is 16.5. The van der Waals surface area contributed by atoms with E-state index in [1.54, 1.807) is 45.9 Å². The fourth-order valence-electron chi connectivity index (χ4n) is 3.48. The van der Waals surface area contributed by atoms with Gasteiger partial charge in [-0.1, -0.05) is 30.3 Å². The number of likely N-dealkylation sites (N-methyl/N-ethyl adjacent to an activating group) is 1. The van der Waals surface area contributed by atoms with E-state index in [0.717, 1.165) is 11.3 Å². The van der Waals surface area contributed by atoms with Crippen LogP contribution >= 0.6 is 0 Å².